The molecule has 28 heavy (non-hydrogen) atoms. The molecule has 2 aromatic carbocycles. The monoisotopic (exact) mass is 437 g/mol. The van der Waals surface area contributed by atoms with Gasteiger partial charge in [0.05, 0.1) is 15.1 Å². The summed E-state index contributed by atoms with van der Waals surface area (Å²) >= 11 is 7.40. The Labute approximate surface area is 173 Å². The van der Waals surface area contributed by atoms with E-state index in [4.69, 9.17) is 11.6 Å². The van der Waals surface area contributed by atoms with Gasteiger partial charge in [-0.3, -0.25) is 10.1 Å². The van der Waals surface area contributed by atoms with Gasteiger partial charge in [-0.2, -0.15) is 4.31 Å². The number of hydrogen-bond donors (Lipinski definition) is 1. The van der Waals surface area contributed by atoms with Crippen LogP contribution >= 0.6 is 22.9 Å². The fourth-order valence-corrected chi connectivity index (χ4v) is 5.64. The number of aromatic nitrogens is 1. The number of amides is 1. The molecule has 0 bridgehead atoms. The van der Waals surface area contributed by atoms with Crippen LogP contribution in [-0.2, 0) is 10.0 Å². The Hall–Kier alpha value is -2.00. The van der Waals surface area contributed by atoms with Crippen molar-refractivity contribution in [3.8, 4) is 0 Å². The molecule has 0 saturated carbocycles. The van der Waals surface area contributed by atoms with Gasteiger partial charge >= 0.3 is 0 Å². The van der Waals surface area contributed by atoms with Crippen molar-refractivity contribution in [1.82, 2.24) is 9.29 Å². The molecule has 148 valence electrons. The van der Waals surface area contributed by atoms with Crippen LogP contribution in [0.1, 0.15) is 29.8 Å². The maximum atomic E-state index is 12.5. The van der Waals surface area contributed by atoms with Crippen LogP contribution in [0, 0.1) is 6.92 Å². The highest BCUT2D eigenvalue weighted by Gasteiger charge is 2.22. The van der Waals surface area contributed by atoms with Gasteiger partial charge in [-0.05, 0) is 48.9 Å². The van der Waals surface area contributed by atoms with E-state index in [1.54, 1.807) is 13.8 Å². The number of fused-ring (bicyclic) bond motifs is 1. The van der Waals surface area contributed by atoms with Crippen molar-refractivity contribution < 1.29 is 13.2 Å². The summed E-state index contributed by atoms with van der Waals surface area (Å²) in [6, 6.07) is 9.53. The van der Waals surface area contributed by atoms with E-state index >= 15 is 0 Å². The van der Waals surface area contributed by atoms with Crippen LogP contribution < -0.4 is 5.32 Å². The highest BCUT2D eigenvalue weighted by atomic mass is 35.5. The molecule has 9 heteroatoms. The SMILES string of the molecule is CCN(CC)S(=O)(=O)c1ccc(C(=O)Nc2nc3c(C)cc(Cl)cc3s2)cc1. The first-order valence-corrected chi connectivity index (χ1v) is 11.4. The van der Waals surface area contributed by atoms with Crippen LogP contribution in [-0.4, -0.2) is 36.7 Å². The summed E-state index contributed by atoms with van der Waals surface area (Å²) < 4.78 is 27.3. The lowest BCUT2D eigenvalue weighted by Gasteiger charge is -2.18. The molecule has 1 aromatic heterocycles. The van der Waals surface area contributed by atoms with E-state index in [2.05, 4.69) is 10.3 Å². The van der Waals surface area contributed by atoms with Gasteiger partial charge in [0, 0.05) is 23.7 Å². The number of hydrogen-bond acceptors (Lipinski definition) is 5. The minimum atomic E-state index is -3.55. The Balaban J connectivity index is 1.81. The molecule has 1 heterocycles. The summed E-state index contributed by atoms with van der Waals surface area (Å²) in [6.07, 6.45) is 0. The number of thiazole rings is 1. The fraction of sp³-hybridized carbons (Fsp3) is 0.263. The van der Waals surface area contributed by atoms with E-state index in [0.29, 0.717) is 28.8 Å². The molecule has 6 nitrogen and oxygen atoms in total. The van der Waals surface area contributed by atoms with E-state index in [1.807, 2.05) is 19.1 Å². The van der Waals surface area contributed by atoms with Gasteiger partial charge in [0.25, 0.3) is 5.91 Å². The molecule has 3 rings (SSSR count). The standard InChI is InChI=1S/C19H20ClN3O3S2/c1-4-23(5-2)28(25,26)15-8-6-13(7-9-15)18(24)22-19-21-17-12(3)10-14(20)11-16(17)27-19/h6-11H,4-5H2,1-3H3,(H,21,22,24). The first kappa shape index (κ1) is 20.7. The largest absolute Gasteiger partial charge is 0.298 e. The first-order valence-electron chi connectivity index (χ1n) is 8.74. The van der Waals surface area contributed by atoms with Crippen molar-refractivity contribution in [3.63, 3.8) is 0 Å². The van der Waals surface area contributed by atoms with Gasteiger partial charge in [0.15, 0.2) is 5.13 Å². The average Bonchev–Trinajstić information content (AvgIpc) is 3.05. The van der Waals surface area contributed by atoms with Gasteiger partial charge in [0.2, 0.25) is 10.0 Å². The number of benzene rings is 2. The number of rotatable bonds is 6. The minimum Gasteiger partial charge on any atom is -0.298 e. The molecule has 0 radical (unpaired) electrons. The molecule has 1 amide bonds. The van der Waals surface area contributed by atoms with Gasteiger partial charge in [-0.25, -0.2) is 13.4 Å². The predicted octanol–water partition coefficient (Wildman–Crippen LogP) is 4.54. The molecule has 0 unspecified atom stereocenters. The molecule has 0 atom stereocenters. The number of carbonyl (C=O) groups excluding carboxylic acids is 1. The van der Waals surface area contributed by atoms with Crippen LogP contribution in [0.2, 0.25) is 5.02 Å². The predicted molar refractivity (Wildman–Crippen MR) is 114 cm³/mol. The maximum absolute atomic E-state index is 12.5. The minimum absolute atomic E-state index is 0.165. The number of sulfonamides is 1. The summed E-state index contributed by atoms with van der Waals surface area (Å²) in [4.78, 5) is 17.1. The lowest BCUT2D eigenvalue weighted by molar-refractivity contribution is 0.102. The normalized spacial score (nSPS) is 11.9. The summed E-state index contributed by atoms with van der Waals surface area (Å²) in [5.41, 5.74) is 2.09. The molecule has 0 aliphatic carbocycles. The fourth-order valence-electron chi connectivity index (χ4n) is 2.87. The third-order valence-corrected chi connectivity index (χ3v) is 7.53. The van der Waals surface area contributed by atoms with Crippen LogP contribution in [0.4, 0.5) is 5.13 Å². The van der Waals surface area contributed by atoms with Crippen LogP contribution in [0.15, 0.2) is 41.3 Å². The van der Waals surface area contributed by atoms with Gasteiger partial charge < -0.3 is 0 Å². The third-order valence-electron chi connectivity index (χ3n) is 4.33. The van der Waals surface area contributed by atoms with Crippen LogP contribution in [0.3, 0.4) is 0 Å². The number of nitrogens with one attached hydrogen (secondary N) is 1. The van der Waals surface area contributed by atoms with Gasteiger partial charge in [-0.15, -0.1) is 0 Å². The highest BCUT2D eigenvalue weighted by Crippen LogP contribution is 2.31. The van der Waals surface area contributed by atoms with Crippen molar-refractivity contribution in [3.05, 3.63) is 52.5 Å². The molecule has 3 aromatic rings. The second-order valence-corrected chi connectivity index (χ2v) is 9.56. The second-order valence-electron chi connectivity index (χ2n) is 6.16. The molecule has 0 aliphatic heterocycles. The zero-order valence-corrected chi connectivity index (χ0v) is 18.1. The number of aryl methyl sites for hydroxylation is 1. The Bertz CT molecular complexity index is 1120. The zero-order valence-electron chi connectivity index (χ0n) is 15.7. The van der Waals surface area contributed by atoms with E-state index < -0.39 is 10.0 Å². The Kier molecular flexibility index (Phi) is 6.04. The number of carbonyl (C=O) groups is 1. The lowest BCUT2D eigenvalue weighted by Crippen LogP contribution is -2.30. The van der Waals surface area contributed by atoms with Gasteiger partial charge in [0.1, 0.15) is 0 Å². The molecule has 1 N–H and O–H groups in total. The van der Waals surface area contributed by atoms with Crippen LogP contribution in [0.25, 0.3) is 10.2 Å². The maximum Gasteiger partial charge on any atom is 0.257 e. The Morgan fingerprint density at radius 1 is 1.18 bits per heavy atom. The van der Waals surface area contributed by atoms with Crippen LogP contribution in [0.5, 0.6) is 0 Å². The summed E-state index contributed by atoms with van der Waals surface area (Å²) in [5.74, 6) is -0.352. The number of nitrogens with zero attached hydrogens (tertiary/aromatic N) is 2. The van der Waals surface area contributed by atoms with Crippen molar-refractivity contribution in [2.45, 2.75) is 25.7 Å². The quantitative estimate of drug-likeness (QED) is 0.613. The molecular formula is C19H20ClN3O3S2. The first-order chi connectivity index (χ1) is 13.3. The highest BCUT2D eigenvalue weighted by molar-refractivity contribution is 7.89. The number of anilines is 1. The lowest BCUT2D eigenvalue weighted by atomic mass is 10.2. The molecule has 0 spiro atoms. The molecule has 0 saturated heterocycles. The zero-order chi connectivity index (χ0) is 20.5. The van der Waals surface area contributed by atoms with Crippen molar-refractivity contribution in [1.29, 1.82) is 0 Å². The van der Waals surface area contributed by atoms with Crippen molar-refractivity contribution in [2.75, 3.05) is 18.4 Å². The van der Waals surface area contributed by atoms with Crippen molar-refractivity contribution in [2.24, 2.45) is 0 Å². The van der Waals surface area contributed by atoms with Gasteiger partial charge in [-0.1, -0.05) is 36.8 Å². The number of halogens is 1. The van der Waals surface area contributed by atoms with E-state index in [1.165, 1.54) is 39.9 Å². The Morgan fingerprint density at radius 2 is 1.82 bits per heavy atom. The smallest absolute Gasteiger partial charge is 0.257 e. The molecule has 0 fully saturated rings. The van der Waals surface area contributed by atoms with Crippen molar-refractivity contribution >= 4 is 54.2 Å². The molecular weight excluding hydrogens is 418 g/mol. The average molecular weight is 438 g/mol. The summed E-state index contributed by atoms with van der Waals surface area (Å²) in [5, 5.41) is 3.85. The summed E-state index contributed by atoms with van der Waals surface area (Å²) in [6.45, 7) is 6.27. The Morgan fingerprint density at radius 3 is 2.43 bits per heavy atom. The summed E-state index contributed by atoms with van der Waals surface area (Å²) in [7, 11) is -3.55. The second kappa shape index (κ2) is 8.16. The van der Waals surface area contributed by atoms with E-state index in [0.717, 1.165) is 15.8 Å². The topological polar surface area (TPSA) is 79.4 Å². The third kappa shape index (κ3) is 4.05. The van der Waals surface area contributed by atoms with E-state index in [-0.39, 0.29) is 10.8 Å². The molecule has 0 aliphatic rings. The van der Waals surface area contributed by atoms with E-state index in [9.17, 15) is 13.2 Å².